The number of benzene rings is 1. The number of carbonyl (C=O) groups is 1. The maximum Gasteiger partial charge on any atom is 0.259 e. The molecule has 0 unspecified atom stereocenters. The van der Waals surface area contributed by atoms with Crippen molar-refractivity contribution in [2.24, 2.45) is 0 Å². The number of rotatable bonds is 5. The van der Waals surface area contributed by atoms with E-state index in [1.165, 1.54) is 14.2 Å². The van der Waals surface area contributed by atoms with E-state index in [0.29, 0.717) is 28.6 Å². The molecule has 0 bridgehead atoms. The molecule has 2 aromatic rings. The minimum Gasteiger partial charge on any atom is -0.493 e. The maximum atomic E-state index is 12.3. The van der Waals surface area contributed by atoms with Crippen molar-refractivity contribution in [3.8, 4) is 11.5 Å². The minimum atomic E-state index is -0.340. The fourth-order valence-electron chi connectivity index (χ4n) is 1.96. The van der Waals surface area contributed by atoms with Crippen molar-refractivity contribution in [1.82, 2.24) is 10.2 Å². The van der Waals surface area contributed by atoms with E-state index in [0.717, 1.165) is 12.0 Å². The first-order valence-corrected chi connectivity index (χ1v) is 6.45. The molecule has 0 saturated carbocycles. The predicted molar refractivity (Wildman–Crippen MR) is 79.9 cm³/mol. The maximum absolute atomic E-state index is 12.3. The number of methoxy groups -OCH3 is 2. The van der Waals surface area contributed by atoms with Crippen molar-refractivity contribution in [2.45, 2.75) is 13.3 Å². The molecular weight excluding hydrogens is 272 g/mol. The summed E-state index contributed by atoms with van der Waals surface area (Å²) in [6.07, 6.45) is 2.43. The van der Waals surface area contributed by atoms with Crippen LogP contribution in [0.1, 0.15) is 22.8 Å². The number of nitrogens with two attached hydrogens (primary N) is 1. The van der Waals surface area contributed by atoms with Gasteiger partial charge in [-0.1, -0.05) is 6.92 Å². The Kier molecular flexibility index (Phi) is 4.32. The largest absolute Gasteiger partial charge is 0.493 e. The molecule has 1 heterocycles. The third kappa shape index (κ3) is 2.91. The molecule has 0 fully saturated rings. The molecule has 0 saturated heterocycles. The third-order valence-electron chi connectivity index (χ3n) is 3.14. The lowest BCUT2D eigenvalue weighted by Gasteiger charge is -2.12. The molecule has 7 heteroatoms. The number of hydrogen-bond acceptors (Lipinski definition) is 5. The molecule has 0 aliphatic heterocycles. The molecule has 0 spiro atoms. The van der Waals surface area contributed by atoms with Crippen LogP contribution in [0.4, 0.5) is 11.5 Å². The van der Waals surface area contributed by atoms with Crippen LogP contribution in [0.5, 0.6) is 11.5 Å². The molecule has 0 aliphatic carbocycles. The summed E-state index contributed by atoms with van der Waals surface area (Å²) in [5, 5.41) is 9.41. The van der Waals surface area contributed by atoms with Crippen molar-refractivity contribution in [3.05, 3.63) is 29.5 Å². The second-order valence-corrected chi connectivity index (χ2v) is 4.37. The van der Waals surface area contributed by atoms with Gasteiger partial charge in [0.1, 0.15) is 5.82 Å². The Bertz CT molecular complexity index is 652. The van der Waals surface area contributed by atoms with Crippen LogP contribution in [0, 0.1) is 0 Å². The van der Waals surface area contributed by atoms with Gasteiger partial charge >= 0.3 is 0 Å². The monoisotopic (exact) mass is 290 g/mol. The summed E-state index contributed by atoms with van der Waals surface area (Å²) in [6, 6.07) is 3.10. The number of H-pyrrole nitrogens is 1. The number of amides is 1. The van der Waals surface area contributed by atoms with E-state index in [-0.39, 0.29) is 5.91 Å². The van der Waals surface area contributed by atoms with Crippen LogP contribution in [0.3, 0.4) is 0 Å². The van der Waals surface area contributed by atoms with Gasteiger partial charge in [0.15, 0.2) is 11.5 Å². The molecule has 112 valence electrons. The highest BCUT2D eigenvalue weighted by atomic mass is 16.5. The van der Waals surface area contributed by atoms with Gasteiger partial charge in [0.05, 0.1) is 26.0 Å². The van der Waals surface area contributed by atoms with Crippen LogP contribution >= 0.6 is 0 Å². The minimum absolute atomic E-state index is 0.308. The van der Waals surface area contributed by atoms with Crippen LogP contribution in [-0.2, 0) is 6.42 Å². The smallest absolute Gasteiger partial charge is 0.259 e. The molecule has 1 amide bonds. The highest BCUT2D eigenvalue weighted by Crippen LogP contribution is 2.32. The summed E-state index contributed by atoms with van der Waals surface area (Å²) < 4.78 is 10.3. The molecule has 7 nitrogen and oxygen atoms in total. The van der Waals surface area contributed by atoms with E-state index >= 15 is 0 Å². The van der Waals surface area contributed by atoms with E-state index in [9.17, 15) is 4.79 Å². The summed E-state index contributed by atoms with van der Waals surface area (Å²) in [7, 11) is 3.01. The van der Waals surface area contributed by atoms with E-state index in [1.807, 2.05) is 6.92 Å². The van der Waals surface area contributed by atoms with Crippen molar-refractivity contribution in [1.29, 1.82) is 0 Å². The lowest BCUT2D eigenvalue weighted by molar-refractivity contribution is 0.102. The highest BCUT2D eigenvalue weighted by molar-refractivity contribution is 6.08. The molecule has 21 heavy (non-hydrogen) atoms. The van der Waals surface area contributed by atoms with Gasteiger partial charge in [0.25, 0.3) is 5.91 Å². The normalized spacial score (nSPS) is 10.2. The molecule has 0 aliphatic rings. The van der Waals surface area contributed by atoms with E-state index < -0.39 is 0 Å². The van der Waals surface area contributed by atoms with Crippen molar-refractivity contribution in [3.63, 3.8) is 0 Å². The summed E-state index contributed by atoms with van der Waals surface area (Å²) in [4.78, 5) is 12.3. The molecule has 1 aromatic carbocycles. The van der Waals surface area contributed by atoms with Crippen LogP contribution in [0.15, 0.2) is 18.3 Å². The summed E-state index contributed by atoms with van der Waals surface area (Å²) in [5.41, 5.74) is 7.44. The predicted octanol–water partition coefficient (Wildman–Crippen LogP) is 1.82. The van der Waals surface area contributed by atoms with Crippen LogP contribution < -0.4 is 20.5 Å². The Hall–Kier alpha value is -2.70. The average Bonchev–Trinajstić information content (AvgIpc) is 2.93. The number of nitrogen functional groups attached to an aromatic ring is 1. The summed E-state index contributed by atoms with van der Waals surface area (Å²) >= 11 is 0. The Labute approximate surface area is 122 Å². The summed E-state index contributed by atoms with van der Waals surface area (Å²) in [6.45, 7) is 1.98. The van der Waals surface area contributed by atoms with Crippen LogP contribution in [0.2, 0.25) is 0 Å². The molecular formula is C14H18N4O3. The number of nitrogens with zero attached hydrogens (tertiary/aromatic N) is 1. The Balaban J connectivity index is 2.31. The van der Waals surface area contributed by atoms with Gasteiger partial charge in [-0.25, -0.2) is 0 Å². The van der Waals surface area contributed by atoms with Gasteiger partial charge in [-0.05, 0) is 12.5 Å². The zero-order valence-electron chi connectivity index (χ0n) is 12.2. The van der Waals surface area contributed by atoms with E-state index in [1.54, 1.807) is 18.3 Å². The molecule has 1 aromatic heterocycles. The number of ether oxygens (including phenoxy) is 2. The number of nitrogens with one attached hydrogen (secondary N) is 2. The number of aromatic amines is 1. The first-order chi connectivity index (χ1) is 10.1. The standard InChI is InChI=1S/C14H18N4O3/c1-4-8-7-16-18-13(8)17-14(19)9-5-11(20-2)12(21-3)6-10(9)15/h5-7H,4,15H2,1-3H3,(H2,16,17,18,19). The number of carbonyl (C=O) groups excluding carboxylic acids is 1. The van der Waals surface area contributed by atoms with Crippen molar-refractivity contribution < 1.29 is 14.3 Å². The van der Waals surface area contributed by atoms with E-state index in [2.05, 4.69) is 15.5 Å². The van der Waals surface area contributed by atoms with Gasteiger partial charge in [0, 0.05) is 17.3 Å². The first-order valence-electron chi connectivity index (χ1n) is 6.45. The van der Waals surface area contributed by atoms with Gasteiger partial charge in [0.2, 0.25) is 0 Å². The van der Waals surface area contributed by atoms with Gasteiger partial charge in [-0.2, -0.15) is 5.10 Å². The fraction of sp³-hybridized carbons (Fsp3) is 0.286. The lowest BCUT2D eigenvalue weighted by atomic mass is 10.1. The number of anilines is 2. The number of hydrogen-bond donors (Lipinski definition) is 3. The Morgan fingerprint density at radius 1 is 1.33 bits per heavy atom. The number of aromatic nitrogens is 2. The topological polar surface area (TPSA) is 102 Å². The molecule has 0 radical (unpaired) electrons. The molecule has 0 atom stereocenters. The van der Waals surface area contributed by atoms with Gasteiger partial charge in [-0.3, -0.25) is 9.89 Å². The fourth-order valence-corrected chi connectivity index (χ4v) is 1.96. The van der Waals surface area contributed by atoms with Crippen molar-refractivity contribution in [2.75, 3.05) is 25.3 Å². The zero-order valence-corrected chi connectivity index (χ0v) is 12.2. The van der Waals surface area contributed by atoms with Gasteiger partial charge < -0.3 is 20.5 Å². The second-order valence-electron chi connectivity index (χ2n) is 4.37. The van der Waals surface area contributed by atoms with Crippen molar-refractivity contribution >= 4 is 17.4 Å². The van der Waals surface area contributed by atoms with Gasteiger partial charge in [-0.15, -0.1) is 0 Å². The summed E-state index contributed by atoms with van der Waals surface area (Å²) in [5.74, 6) is 1.14. The first kappa shape index (κ1) is 14.7. The van der Waals surface area contributed by atoms with E-state index in [4.69, 9.17) is 15.2 Å². The Morgan fingerprint density at radius 2 is 2.00 bits per heavy atom. The number of aryl methyl sites for hydroxylation is 1. The second kappa shape index (κ2) is 6.17. The average molecular weight is 290 g/mol. The zero-order chi connectivity index (χ0) is 15.4. The lowest BCUT2D eigenvalue weighted by Crippen LogP contribution is -2.15. The quantitative estimate of drug-likeness (QED) is 0.729. The Morgan fingerprint density at radius 3 is 2.62 bits per heavy atom. The molecule has 4 N–H and O–H groups in total. The van der Waals surface area contributed by atoms with Crippen LogP contribution in [0.25, 0.3) is 0 Å². The SMILES string of the molecule is CCc1cn[nH]c1NC(=O)c1cc(OC)c(OC)cc1N. The third-order valence-corrected chi connectivity index (χ3v) is 3.14. The van der Waals surface area contributed by atoms with Crippen LogP contribution in [-0.4, -0.2) is 30.3 Å². The highest BCUT2D eigenvalue weighted by Gasteiger charge is 2.16. The molecule has 2 rings (SSSR count).